The van der Waals surface area contributed by atoms with Gasteiger partial charge in [-0.15, -0.1) is 0 Å². The molecule has 1 aromatic carbocycles. The Morgan fingerprint density at radius 1 is 1.50 bits per heavy atom. The second-order valence-electron chi connectivity index (χ2n) is 3.29. The molecule has 3 nitrogen and oxygen atoms in total. The first-order chi connectivity index (χ1) is 7.70. The fourth-order valence-electron chi connectivity index (χ4n) is 1.48. The van der Waals surface area contributed by atoms with Gasteiger partial charge in [-0.2, -0.15) is 0 Å². The molecule has 0 fully saturated rings. The van der Waals surface area contributed by atoms with Gasteiger partial charge in [0.25, 0.3) is 0 Å². The number of hydrogen-bond donors (Lipinski definition) is 1. The number of aromatic amines is 1. The molecule has 0 saturated heterocycles. The smallest absolute Gasteiger partial charge is 0.330 e. The van der Waals surface area contributed by atoms with Gasteiger partial charge in [-0.05, 0) is 24.3 Å². The van der Waals surface area contributed by atoms with E-state index in [4.69, 9.17) is 0 Å². The fourth-order valence-corrected chi connectivity index (χ4v) is 1.48. The molecule has 0 aliphatic carbocycles. The highest BCUT2D eigenvalue weighted by Gasteiger charge is 2.02. The van der Waals surface area contributed by atoms with Crippen LogP contribution in [0.3, 0.4) is 0 Å². The summed E-state index contributed by atoms with van der Waals surface area (Å²) < 4.78 is 17.4. The number of halogens is 1. The Labute approximate surface area is 91.5 Å². The van der Waals surface area contributed by atoms with Crippen molar-refractivity contribution in [2.24, 2.45) is 0 Å². The van der Waals surface area contributed by atoms with Gasteiger partial charge in [0.2, 0.25) is 0 Å². The number of hydrogen-bond acceptors (Lipinski definition) is 2. The van der Waals surface area contributed by atoms with Crippen LogP contribution in [0, 0.1) is 5.82 Å². The predicted molar refractivity (Wildman–Crippen MR) is 59.3 cm³/mol. The lowest BCUT2D eigenvalue weighted by Crippen LogP contribution is -1.92. The van der Waals surface area contributed by atoms with Crippen molar-refractivity contribution in [2.75, 3.05) is 7.11 Å². The topological polar surface area (TPSA) is 42.1 Å². The second-order valence-corrected chi connectivity index (χ2v) is 3.29. The van der Waals surface area contributed by atoms with Gasteiger partial charge in [-0.3, -0.25) is 0 Å². The minimum atomic E-state index is -0.420. The van der Waals surface area contributed by atoms with Gasteiger partial charge in [0, 0.05) is 28.7 Å². The van der Waals surface area contributed by atoms with Crippen molar-refractivity contribution in [1.82, 2.24) is 4.98 Å². The summed E-state index contributed by atoms with van der Waals surface area (Å²) in [4.78, 5) is 13.8. The van der Waals surface area contributed by atoms with Crippen LogP contribution in [0.1, 0.15) is 5.56 Å². The van der Waals surface area contributed by atoms with Gasteiger partial charge >= 0.3 is 5.97 Å². The van der Waals surface area contributed by atoms with Crippen LogP contribution in [0.25, 0.3) is 17.0 Å². The zero-order valence-corrected chi connectivity index (χ0v) is 8.66. The summed E-state index contributed by atoms with van der Waals surface area (Å²) in [5.41, 5.74) is 1.52. The first kappa shape index (κ1) is 10.4. The summed E-state index contributed by atoms with van der Waals surface area (Å²) >= 11 is 0. The maximum Gasteiger partial charge on any atom is 0.330 e. The summed E-state index contributed by atoms with van der Waals surface area (Å²) in [7, 11) is 1.32. The maximum absolute atomic E-state index is 12.9. The summed E-state index contributed by atoms with van der Waals surface area (Å²) in [5.74, 6) is -0.714. The highest BCUT2D eigenvalue weighted by molar-refractivity contribution is 5.93. The number of H-pyrrole nitrogens is 1. The van der Waals surface area contributed by atoms with Crippen LogP contribution in [0.4, 0.5) is 4.39 Å². The van der Waals surface area contributed by atoms with Crippen LogP contribution < -0.4 is 0 Å². The third-order valence-electron chi connectivity index (χ3n) is 2.28. The molecular weight excluding hydrogens is 209 g/mol. The van der Waals surface area contributed by atoms with E-state index < -0.39 is 5.97 Å². The molecule has 2 rings (SSSR count). The third-order valence-corrected chi connectivity index (χ3v) is 2.28. The molecule has 0 aliphatic rings. The molecule has 16 heavy (non-hydrogen) atoms. The van der Waals surface area contributed by atoms with Gasteiger partial charge in [0.1, 0.15) is 5.82 Å². The summed E-state index contributed by atoms with van der Waals surface area (Å²) in [6.07, 6.45) is 4.66. The Morgan fingerprint density at radius 3 is 3.06 bits per heavy atom. The van der Waals surface area contributed by atoms with E-state index in [1.807, 2.05) is 0 Å². The molecule has 82 valence electrons. The number of fused-ring (bicyclic) bond motifs is 1. The quantitative estimate of drug-likeness (QED) is 0.622. The Bertz CT molecular complexity index is 557. The van der Waals surface area contributed by atoms with Gasteiger partial charge < -0.3 is 9.72 Å². The molecule has 2 aromatic rings. The third kappa shape index (κ3) is 1.95. The van der Waals surface area contributed by atoms with Crippen molar-refractivity contribution in [3.63, 3.8) is 0 Å². The van der Waals surface area contributed by atoms with Crippen molar-refractivity contribution in [3.8, 4) is 0 Å². The van der Waals surface area contributed by atoms with Gasteiger partial charge in [0.05, 0.1) is 7.11 Å². The minimum Gasteiger partial charge on any atom is -0.466 e. The lowest BCUT2D eigenvalue weighted by Gasteiger charge is -1.92. The van der Waals surface area contributed by atoms with Gasteiger partial charge in [0.15, 0.2) is 0 Å². The van der Waals surface area contributed by atoms with Crippen molar-refractivity contribution in [2.45, 2.75) is 0 Å². The first-order valence-electron chi connectivity index (χ1n) is 4.73. The Morgan fingerprint density at radius 2 is 2.31 bits per heavy atom. The monoisotopic (exact) mass is 219 g/mol. The van der Waals surface area contributed by atoms with Crippen LogP contribution in [0.2, 0.25) is 0 Å². The van der Waals surface area contributed by atoms with Crippen LogP contribution in [-0.2, 0) is 9.53 Å². The summed E-state index contributed by atoms with van der Waals surface area (Å²) in [6, 6.07) is 4.45. The lowest BCUT2D eigenvalue weighted by molar-refractivity contribution is -0.134. The van der Waals surface area contributed by atoms with Crippen LogP contribution in [0.15, 0.2) is 30.5 Å². The number of rotatable bonds is 2. The van der Waals surface area contributed by atoms with Crippen LogP contribution in [-0.4, -0.2) is 18.1 Å². The zero-order valence-electron chi connectivity index (χ0n) is 8.66. The molecule has 1 aromatic heterocycles. The summed E-state index contributed by atoms with van der Waals surface area (Å²) in [6.45, 7) is 0. The number of aromatic nitrogens is 1. The molecule has 4 heteroatoms. The highest BCUT2D eigenvalue weighted by Crippen LogP contribution is 2.20. The number of carbonyl (C=O) groups excluding carboxylic acids is 1. The average molecular weight is 219 g/mol. The number of nitrogens with one attached hydrogen (secondary N) is 1. The number of carbonyl (C=O) groups is 1. The van der Waals surface area contributed by atoms with Gasteiger partial charge in [-0.1, -0.05) is 0 Å². The van der Waals surface area contributed by atoms with Crippen molar-refractivity contribution >= 4 is 22.9 Å². The highest BCUT2D eigenvalue weighted by atomic mass is 19.1. The summed E-state index contributed by atoms with van der Waals surface area (Å²) in [5, 5.41) is 0.863. The van der Waals surface area contributed by atoms with Crippen molar-refractivity contribution in [3.05, 3.63) is 41.9 Å². The largest absolute Gasteiger partial charge is 0.466 e. The first-order valence-corrected chi connectivity index (χ1v) is 4.73. The van der Waals surface area contributed by atoms with E-state index in [0.29, 0.717) is 5.52 Å². The molecule has 0 atom stereocenters. The van der Waals surface area contributed by atoms with E-state index in [2.05, 4.69) is 9.72 Å². The Balaban J connectivity index is 2.39. The molecule has 0 bridgehead atoms. The van der Waals surface area contributed by atoms with E-state index in [1.54, 1.807) is 18.3 Å². The number of ether oxygens (including phenoxy) is 1. The predicted octanol–water partition coefficient (Wildman–Crippen LogP) is 2.49. The van der Waals surface area contributed by atoms with Crippen LogP contribution >= 0.6 is 0 Å². The van der Waals surface area contributed by atoms with Crippen molar-refractivity contribution in [1.29, 1.82) is 0 Å². The minimum absolute atomic E-state index is 0.294. The average Bonchev–Trinajstić information content (AvgIpc) is 2.68. The number of methoxy groups -OCH3 is 1. The van der Waals surface area contributed by atoms with E-state index in [0.717, 1.165) is 10.9 Å². The molecular formula is C12H10FNO2. The van der Waals surface area contributed by atoms with E-state index in [9.17, 15) is 9.18 Å². The van der Waals surface area contributed by atoms with E-state index in [1.165, 1.54) is 25.3 Å². The molecule has 1 N–H and O–H groups in total. The fraction of sp³-hybridized carbons (Fsp3) is 0.0833. The van der Waals surface area contributed by atoms with Gasteiger partial charge in [-0.25, -0.2) is 9.18 Å². The maximum atomic E-state index is 12.9. The normalized spacial score (nSPS) is 11.1. The lowest BCUT2D eigenvalue weighted by atomic mass is 10.1. The molecule has 0 spiro atoms. The molecule has 0 aliphatic heterocycles. The zero-order chi connectivity index (χ0) is 11.5. The standard InChI is InChI=1S/C12H10FNO2/c1-16-12(15)5-2-8-7-14-11-6-9(13)3-4-10(8)11/h2-7,14H,1H3/b5-2+. The molecule has 0 unspecified atom stereocenters. The second kappa shape index (κ2) is 4.18. The SMILES string of the molecule is COC(=O)/C=C/c1c[nH]c2cc(F)ccc12. The Hall–Kier alpha value is -2.10. The van der Waals surface area contributed by atoms with E-state index >= 15 is 0 Å². The molecule has 0 radical (unpaired) electrons. The van der Waals surface area contributed by atoms with Crippen molar-refractivity contribution < 1.29 is 13.9 Å². The number of esters is 1. The number of benzene rings is 1. The molecule has 0 saturated carbocycles. The van der Waals surface area contributed by atoms with Crippen LogP contribution in [0.5, 0.6) is 0 Å². The molecule has 0 amide bonds. The van der Waals surface area contributed by atoms with E-state index in [-0.39, 0.29) is 5.82 Å². The molecule has 1 heterocycles. The Kier molecular flexibility index (Phi) is 2.72.